The van der Waals surface area contributed by atoms with Crippen molar-refractivity contribution in [2.24, 2.45) is 0 Å². The fourth-order valence-electron chi connectivity index (χ4n) is 1.41. The number of carbonyl (C=O) groups excluding carboxylic acids is 2. The fourth-order valence-corrected chi connectivity index (χ4v) is 1.88. The van der Waals surface area contributed by atoms with Crippen molar-refractivity contribution in [1.29, 1.82) is 0 Å². The Hall–Kier alpha value is -1.49. The number of hydrogen-bond acceptors (Lipinski definition) is 4. The van der Waals surface area contributed by atoms with Crippen molar-refractivity contribution in [3.05, 3.63) is 30.3 Å². The quantitative estimate of drug-likeness (QED) is 0.631. The first kappa shape index (κ1) is 14.6. The minimum absolute atomic E-state index is 0.230. The number of thioether (sulfide) groups is 1. The van der Waals surface area contributed by atoms with Gasteiger partial charge in [-0.1, -0.05) is 18.2 Å². The minimum Gasteiger partial charge on any atom is -0.425 e. The SMILES string of the molecule is CSCC[C@H](NC(C)=O)C(=O)Oc1ccccc1. The van der Waals surface area contributed by atoms with Gasteiger partial charge in [-0.2, -0.15) is 11.8 Å². The van der Waals surface area contributed by atoms with Crippen LogP contribution < -0.4 is 10.1 Å². The summed E-state index contributed by atoms with van der Waals surface area (Å²) < 4.78 is 5.21. The van der Waals surface area contributed by atoms with Gasteiger partial charge in [-0.15, -0.1) is 0 Å². The molecule has 0 aliphatic heterocycles. The zero-order valence-corrected chi connectivity index (χ0v) is 11.3. The smallest absolute Gasteiger partial charge is 0.334 e. The fraction of sp³-hybridized carbons (Fsp3) is 0.385. The van der Waals surface area contributed by atoms with E-state index >= 15 is 0 Å². The molecule has 1 N–H and O–H groups in total. The van der Waals surface area contributed by atoms with Crippen molar-refractivity contribution >= 4 is 23.6 Å². The molecule has 1 aromatic rings. The van der Waals surface area contributed by atoms with Gasteiger partial charge in [0.05, 0.1) is 0 Å². The number of hydrogen-bond donors (Lipinski definition) is 1. The molecule has 0 heterocycles. The van der Waals surface area contributed by atoms with E-state index in [9.17, 15) is 9.59 Å². The highest BCUT2D eigenvalue weighted by Crippen LogP contribution is 2.11. The summed E-state index contributed by atoms with van der Waals surface area (Å²) in [6.07, 6.45) is 2.51. The Kier molecular flexibility index (Phi) is 6.28. The average molecular weight is 267 g/mol. The number of esters is 1. The molecule has 1 rings (SSSR count). The lowest BCUT2D eigenvalue weighted by Crippen LogP contribution is -2.42. The Bertz CT molecular complexity index is 394. The number of benzene rings is 1. The van der Waals surface area contributed by atoms with Crippen molar-refractivity contribution in [3.63, 3.8) is 0 Å². The Balaban J connectivity index is 2.60. The molecule has 0 aromatic heterocycles. The van der Waals surface area contributed by atoms with Crippen molar-refractivity contribution in [1.82, 2.24) is 5.32 Å². The lowest BCUT2D eigenvalue weighted by Gasteiger charge is -2.16. The van der Waals surface area contributed by atoms with Gasteiger partial charge < -0.3 is 10.1 Å². The number of para-hydroxylation sites is 1. The zero-order valence-electron chi connectivity index (χ0n) is 10.5. The van der Waals surface area contributed by atoms with E-state index in [-0.39, 0.29) is 5.91 Å². The van der Waals surface area contributed by atoms with Gasteiger partial charge in [0.1, 0.15) is 11.8 Å². The van der Waals surface area contributed by atoms with E-state index in [2.05, 4.69) is 5.32 Å². The molecule has 1 amide bonds. The van der Waals surface area contributed by atoms with Gasteiger partial charge in [0.2, 0.25) is 5.91 Å². The third-order valence-corrected chi connectivity index (χ3v) is 2.88. The lowest BCUT2D eigenvalue weighted by atomic mass is 10.2. The highest BCUT2D eigenvalue weighted by Gasteiger charge is 2.21. The molecule has 0 saturated heterocycles. The number of ether oxygens (including phenoxy) is 1. The van der Waals surface area contributed by atoms with E-state index in [0.717, 1.165) is 5.75 Å². The molecule has 1 aromatic carbocycles. The number of carbonyl (C=O) groups is 2. The molecular weight excluding hydrogens is 250 g/mol. The highest BCUT2D eigenvalue weighted by atomic mass is 32.2. The van der Waals surface area contributed by atoms with E-state index in [4.69, 9.17) is 4.74 Å². The van der Waals surface area contributed by atoms with Crippen molar-refractivity contribution in [2.75, 3.05) is 12.0 Å². The molecule has 5 heteroatoms. The molecular formula is C13H17NO3S. The molecule has 0 radical (unpaired) electrons. The predicted molar refractivity (Wildman–Crippen MR) is 72.7 cm³/mol. The highest BCUT2D eigenvalue weighted by molar-refractivity contribution is 7.98. The lowest BCUT2D eigenvalue weighted by molar-refractivity contribution is -0.139. The van der Waals surface area contributed by atoms with Crippen LogP contribution in [-0.4, -0.2) is 29.9 Å². The molecule has 0 saturated carbocycles. The summed E-state index contributed by atoms with van der Waals surface area (Å²) in [6.45, 7) is 1.39. The molecule has 0 bridgehead atoms. The summed E-state index contributed by atoms with van der Waals surface area (Å²) >= 11 is 1.62. The van der Waals surface area contributed by atoms with Gasteiger partial charge in [-0.3, -0.25) is 4.79 Å². The number of rotatable bonds is 6. The molecule has 0 spiro atoms. The molecule has 0 fully saturated rings. The Morgan fingerprint density at radius 2 is 2.00 bits per heavy atom. The molecule has 18 heavy (non-hydrogen) atoms. The second-order valence-corrected chi connectivity index (χ2v) is 4.75. The maximum atomic E-state index is 11.9. The first-order chi connectivity index (χ1) is 8.63. The summed E-state index contributed by atoms with van der Waals surface area (Å²) in [5.74, 6) is 0.619. The van der Waals surface area contributed by atoms with Crippen LogP contribution in [0.5, 0.6) is 5.75 Å². The van der Waals surface area contributed by atoms with E-state index in [1.54, 1.807) is 36.0 Å². The molecule has 1 atom stereocenters. The van der Waals surface area contributed by atoms with E-state index < -0.39 is 12.0 Å². The van der Waals surface area contributed by atoms with Crippen LogP contribution in [0.15, 0.2) is 30.3 Å². The van der Waals surface area contributed by atoms with Gasteiger partial charge in [-0.05, 0) is 30.6 Å². The van der Waals surface area contributed by atoms with Gasteiger partial charge in [-0.25, -0.2) is 4.79 Å². The van der Waals surface area contributed by atoms with Crippen LogP contribution in [0, 0.1) is 0 Å². The first-order valence-electron chi connectivity index (χ1n) is 5.66. The third-order valence-electron chi connectivity index (χ3n) is 2.23. The van der Waals surface area contributed by atoms with Crippen LogP contribution in [0.1, 0.15) is 13.3 Å². The van der Waals surface area contributed by atoms with Crippen LogP contribution in [0.25, 0.3) is 0 Å². The van der Waals surface area contributed by atoms with Crippen LogP contribution in [0.2, 0.25) is 0 Å². The van der Waals surface area contributed by atoms with Gasteiger partial charge in [0, 0.05) is 6.92 Å². The summed E-state index contributed by atoms with van der Waals surface area (Å²) in [4.78, 5) is 23.0. The van der Waals surface area contributed by atoms with Gasteiger partial charge in [0.25, 0.3) is 0 Å². The van der Waals surface area contributed by atoms with Crippen LogP contribution in [-0.2, 0) is 9.59 Å². The summed E-state index contributed by atoms with van der Waals surface area (Å²) in [7, 11) is 0. The maximum absolute atomic E-state index is 11.9. The molecule has 4 nitrogen and oxygen atoms in total. The van der Waals surface area contributed by atoms with Crippen molar-refractivity contribution in [3.8, 4) is 5.75 Å². The third kappa shape index (κ3) is 5.23. The largest absolute Gasteiger partial charge is 0.425 e. The average Bonchev–Trinajstić information content (AvgIpc) is 2.35. The van der Waals surface area contributed by atoms with Crippen LogP contribution >= 0.6 is 11.8 Å². The molecule has 98 valence electrons. The van der Waals surface area contributed by atoms with E-state index in [0.29, 0.717) is 12.2 Å². The predicted octanol–water partition coefficient (Wildman–Crippen LogP) is 1.85. The first-order valence-corrected chi connectivity index (χ1v) is 7.05. The van der Waals surface area contributed by atoms with Crippen molar-refractivity contribution in [2.45, 2.75) is 19.4 Å². The monoisotopic (exact) mass is 267 g/mol. The Labute approximate surface area is 111 Å². The number of nitrogens with one attached hydrogen (secondary N) is 1. The van der Waals surface area contributed by atoms with Crippen LogP contribution in [0.4, 0.5) is 0 Å². The van der Waals surface area contributed by atoms with Crippen molar-refractivity contribution < 1.29 is 14.3 Å². The maximum Gasteiger partial charge on any atom is 0.334 e. The second-order valence-electron chi connectivity index (χ2n) is 3.77. The Morgan fingerprint density at radius 1 is 1.33 bits per heavy atom. The minimum atomic E-state index is -0.588. The number of amides is 1. The molecule has 0 unspecified atom stereocenters. The summed E-state index contributed by atoms with van der Waals surface area (Å²) in [5, 5.41) is 2.61. The molecule has 0 aliphatic rings. The molecule has 0 aliphatic carbocycles. The van der Waals surface area contributed by atoms with Gasteiger partial charge in [0.15, 0.2) is 0 Å². The van der Waals surface area contributed by atoms with Gasteiger partial charge >= 0.3 is 5.97 Å². The summed E-state index contributed by atoms with van der Waals surface area (Å²) in [6, 6.07) is 8.25. The second kappa shape index (κ2) is 7.76. The Morgan fingerprint density at radius 3 is 2.56 bits per heavy atom. The van der Waals surface area contributed by atoms with E-state index in [1.807, 2.05) is 12.3 Å². The van der Waals surface area contributed by atoms with E-state index in [1.165, 1.54) is 6.92 Å². The topological polar surface area (TPSA) is 55.4 Å². The standard InChI is InChI=1S/C13H17NO3S/c1-10(15)14-12(8-9-18-2)13(16)17-11-6-4-3-5-7-11/h3-7,12H,8-9H2,1-2H3,(H,14,15)/t12-/m0/s1. The summed E-state index contributed by atoms with van der Waals surface area (Å²) in [5.41, 5.74) is 0. The normalized spacial score (nSPS) is 11.7. The van der Waals surface area contributed by atoms with Crippen LogP contribution in [0.3, 0.4) is 0 Å². The zero-order chi connectivity index (χ0) is 13.4.